The van der Waals surface area contributed by atoms with Crippen molar-refractivity contribution in [2.75, 3.05) is 0 Å². The Morgan fingerprint density at radius 1 is 1.15 bits per heavy atom. The zero-order chi connectivity index (χ0) is 18.8. The molecule has 8 heteroatoms. The molecule has 0 saturated carbocycles. The Bertz CT molecular complexity index is 1010. The molecule has 0 bridgehead atoms. The third kappa shape index (κ3) is 4.15. The summed E-state index contributed by atoms with van der Waals surface area (Å²) in [6.07, 6.45) is 1.59. The van der Waals surface area contributed by atoms with Gasteiger partial charge in [-0.05, 0) is 50.2 Å². The van der Waals surface area contributed by atoms with Crippen LogP contribution in [0.1, 0.15) is 17.0 Å². The van der Waals surface area contributed by atoms with Gasteiger partial charge in [0.25, 0.3) is 5.69 Å². The van der Waals surface area contributed by atoms with E-state index in [0.717, 1.165) is 28.7 Å². The largest absolute Gasteiger partial charge is 0.505 e. The zero-order valence-electron chi connectivity index (χ0n) is 14.6. The fourth-order valence-corrected chi connectivity index (χ4v) is 2.78. The molecule has 6 nitrogen and oxygen atoms in total. The van der Waals surface area contributed by atoms with Crippen LogP contribution < -0.4 is 0 Å². The van der Waals surface area contributed by atoms with Crippen LogP contribution in [0.15, 0.2) is 53.5 Å². The molecule has 0 aliphatic heterocycles. The Morgan fingerprint density at radius 3 is 2.41 bits per heavy atom. The fourth-order valence-electron chi connectivity index (χ4n) is 2.78. The molecule has 0 atom stereocenters. The molecule has 140 valence electrons. The number of aliphatic imine (C=N–C) groups is 1. The van der Waals surface area contributed by atoms with E-state index in [1.54, 1.807) is 18.3 Å². The highest BCUT2D eigenvalue weighted by molar-refractivity contribution is 5.85. The van der Waals surface area contributed by atoms with Crippen LogP contribution in [0.25, 0.3) is 5.69 Å². The first-order valence-corrected chi connectivity index (χ1v) is 7.83. The van der Waals surface area contributed by atoms with Crippen molar-refractivity contribution in [2.45, 2.75) is 13.8 Å². The molecule has 0 spiro atoms. The predicted octanol–water partition coefficient (Wildman–Crippen LogP) is 5.02. The smallest absolute Gasteiger partial charge is 0.273 e. The predicted molar refractivity (Wildman–Crippen MR) is 104 cm³/mol. The summed E-state index contributed by atoms with van der Waals surface area (Å²) >= 11 is 0. The van der Waals surface area contributed by atoms with E-state index in [-0.39, 0.29) is 35.3 Å². The average molecular weight is 390 g/mol. The number of phenolic OH excluding ortho intramolecular Hbond substituents is 1. The first-order chi connectivity index (χ1) is 12.4. The molecule has 0 unspecified atom stereocenters. The van der Waals surface area contributed by atoms with Crippen molar-refractivity contribution in [3.8, 4) is 11.4 Å². The maximum absolute atomic E-state index is 13.1. The van der Waals surface area contributed by atoms with E-state index in [1.807, 2.05) is 24.5 Å². The number of aryl methyl sites for hydroxylation is 1. The molecule has 3 aromatic rings. The summed E-state index contributed by atoms with van der Waals surface area (Å²) in [5, 5.41) is 20.6. The maximum atomic E-state index is 13.1. The van der Waals surface area contributed by atoms with Crippen molar-refractivity contribution >= 4 is 30.0 Å². The van der Waals surface area contributed by atoms with E-state index in [1.165, 1.54) is 24.3 Å². The first kappa shape index (κ1) is 20.1. The van der Waals surface area contributed by atoms with Gasteiger partial charge in [-0.15, -0.1) is 12.4 Å². The van der Waals surface area contributed by atoms with E-state index in [9.17, 15) is 19.6 Å². The van der Waals surface area contributed by atoms with Crippen LogP contribution in [0.3, 0.4) is 0 Å². The number of non-ortho nitro benzene ring substituents is 1. The number of rotatable bonds is 4. The standard InChI is InChI=1S/C19H16FN3O3.ClH/c1-12-9-14(13(2)22(12)16-5-3-15(20)4-6-16)11-21-18-8-7-17(23(25)26)10-19(18)24;/h3-11,24H,1-2H3;1H. The molecule has 0 fully saturated rings. The molecule has 0 aliphatic rings. The van der Waals surface area contributed by atoms with Gasteiger partial charge in [-0.2, -0.15) is 0 Å². The lowest BCUT2D eigenvalue weighted by Crippen LogP contribution is -1.99. The van der Waals surface area contributed by atoms with Crippen LogP contribution in [-0.2, 0) is 0 Å². The third-order valence-electron chi connectivity index (χ3n) is 4.07. The molecule has 0 radical (unpaired) electrons. The highest BCUT2D eigenvalue weighted by Gasteiger charge is 2.11. The van der Waals surface area contributed by atoms with Crippen molar-refractivity contribution < 1.29 is 14.4 Å². The molecule has 3 rings (SSSR count). The van der Waals surface area contributed by atoms with Gasteiger partial charge in [0.05, 0.1) is 11.0 Å². The van der Waals surface area contributed by atoms with E-state index >= 15 is 0 Å². The van der Waals surface area contributed by atoms with Gasteiger partial charge in [0.15, 0.2) is 0 Å². The Labute approximate surface area is 161 Å². The second-order valence-electron chi connectivity index (χ2n) is 5.83. The summed E-state index contributed by atoms with van der Waals surface area (Å²) in [6, 6.07) is 11.8. The molecule has 2 aromatic carbocycles. The van der Waals surface area contributed by atoms with Gasteiger partial charge in [-0.25, -0.2) is 4.39 Å². The molecule has 27 heavy (non-hydrogen) atoms. The van der Waals surface area contributed by atoms with E-state index in [2.05, 4.69) is 4.99 Å². The summed E-state index contributed by atoms with van der Waals surface area (Å²) in [6.45, 7) is 3.84. The zero-order valence-corrected chi connectivity index (χ0v) is 15.4. The highest BCUT2D eigenvalue weighted by atomic mass is 35.5. The minimum Gasteiger partial charge on any atom is -0.505 e. The molecule has 1 N–H and O–H groups in total. The molecule has 1 heterocycles. The van der Waals surface area contributed by atoms with E-state index < -0.39 is 4.92 Å². The van der Waals surface area contributed by atoms with Gasteiger partial charge in [-0.3, -0.25) is 15.1 Å². The number of nitro groups is 1. The molecule has 0 amide bonds. The summed E-state index contributed by atoms with van der Waals surface area (Å²) < 4.78 is 15.1. The number of aromatic nitrogens is 1. The summed E-state index contributed by atoms with van der Waals surface area (Å²) in [7, 11) is 0. The Morgan fingerprint density at radius 2 is 1.81 bits per heavy atom. The van der Waals surface area contributed by atoms with Crippen molar-refractivity contribution in [1.29, 1.82) is 0 Å². The summed E-state index contributed by atoms with van der Waals surface area (Å²) in [5.74, 6) is -0.561. The summed E-state index contributed by atoms with van der Waals surface area (Å²) in [5.41, 5.74) is 3.55. The average Bonchev–Trinajstić information content (AvgIpc) is 2.88. The van der Waals surface area contributed by atoms with Crippen LogP contribution in [-0.4, -0.2) is 20.8 Å². The van der Waals surface area contributed by atoms with Gasteiger partial charge in [-0.1, -0.05) is 0 Å². The number of hydrogen-bond donors (Lipinski definition) is 1. The minimum atomic E-state index is -0.580. The normalized spacial score (nSPS) is 10.8. The minimum absolute atomic E-state index is 0. The molecule has 0 aliphatic carbocycles. The topological polar surface area (TPSA) is 80.7 Å². The molecule has 0 saturated heterocycles. The fraction of sp³-hybridized carbons (Fsp3) is 0.105. The van der Waals surface area contributed by atoms with Crippen LogP contribution >= 0.6 is 12.4 Å². The highest BCUT2D eigenvalue weighted by Crippen LogP contribution is 2.30. The SMILES string of the molecule is Cc1cc(C=Nc2ccc([N+](=O)[O-])cc2O)c(C)n1-c1ccc(F)cc1.Cl. The second kappa shape index (κ2) is 8.01. The van der Waals surface area contributed by atoms with Gasteiger partial charge in [0.1, 0.15) is 17.3 Å². The lowest BCUT2D eigenvalue weighted by atomic mass is 10.2. The van der Waals surface area contributed by atoms with Crippen LogP contribution in [0.2, 0.25) is 0 Å². The van der Waals surface area contributed by atoms with Crippen LogP contribution in [0.5, 0.6) is 5.75 Å². The van der Waals surface area contributed by atoms with Gasteiger partial charge < -0.3 is 9.67 Å². The monoisotopic (exact) mass is 389 g/mol. The lowest BCUT2D eigenvalue weighted by Gasteiger charge is -2.09. The lowest BCUT2D eigenvalue weighted by molar-refractivity contribution is -0.384. The van der Waals surface area contributed by atoms with E-state index in [0.29, 0.717) is 0 Å². The molecule has 1 aromatic heterocycles. The number of nitro benzene ring substituents is 1. The molecular weight excluding hydrogens is 373 g/mol. The van der Waals surface area contributed by atoms with Crippen molar-refractivity contribution in [3.63, 3.8) is 0 Å². The first-order valence-electron chi connectivity index (χ1n) is 7.83. The summed E-state index contributed by atoms with van der Waals surface area (Å²) in [4.78, 5) is 14.4. The van der Waals surface area contributed by atoms with Crippen molar-refractivity contribution in [2.24, 2.45) is 4.99 Å². The van der Waals surface area contributed by atoms with Crippen LogP contribution in [0, 0.1) is 29.8 Å². The number of halogens is 2. The Balaban J connectivity index is 0.00000261. The number of benzene rings is 2. The van der Waals surface area contributed by atoms with Crippen molar-refractivity contribution in [3.05, 3.63) is 81.4 Å². The number of hydrogen-bond acceptors (Lipinski definition) is 4. The van der Waals surface area contributed by atoms with Gasteiger partial charge >= 0.3 is 0 Å². The van der Waals surface area contributed by atoms with Gasteiger partial charge in [0.2, 0.25) is 0 Å². The van der Waals surface area contributed by atoms with Gasteiger partial charge in [0, 0.05) is 34.9 Å². The molecular formula is C19H17ClFN3O3. The Hall–Kier alpha value is -3.19. The van der Waals surface area contributed by atoms with E-state index in [4.69, 9.17) is 0 Å². The number of aromatic hydroxyl groups is 1. The number of phenols is 1. The third-order valence-corrected chi connectivity index (χ3v) is 4.07. The Kier molecular flexibility index (Phi) is 5.97. The van der Waals surface area contributed by atoms with Crippen LogP contribution in [0.4, 0.5) is 15.8 Å². The number of nitrogens with zero attached hydrogens (tertiary/aromatic N) is 3. The quantitative estimate of drug-likeness (QED) is 0.386. The second-order valence-corrected chi connectivity index (χ2v) is 5.83. The maximum Gasteiger partial charge on any atom is 0.273 e. The van der Waals surface area contributed by atoms with Crippen molar-refractivity contribution in [1.82, 2.24) is 4.57 Å².